The predicted octanol–water partition coefficient (Wildman–Crippen LogP) is 2.18. The summed E-state index contributed by atoms with van der Waals surface area (Å²) in [5.74, 6) is -1.21. The van der Waals surface area contributed by atoms with Gasteiger partial charge in [0, 0.05) is 24.9 Å². The van der Waals surface area contributed by atoms with E-state index in [2.05, 4.69) is 23.1 Å². The Labute approximate surface area is 145 Å². The van der Waals surface area contributed by atoms with Crippen LogP contribution >= 0.6 is 0 Å². The zero-order valence-corrected chi connectivity index (χ0v) is 13.7. The van der Waals surface area contributed by atoms with Gasteiger partial charge in [-0.2, -0.15) is 15.8 Å². The standard InChI is InChI=1S/C19H16FN5/c1-25-7-6-14-15(8-21)18(24)19(10-22,11-23)17(16(14)9-25)12-2-4-13(20)5-3-12/h2-6,16-17H,7,9,24H2,1H3. The van der Waals surface area contributed by atoms with Gasteiger partial charge in [0.15, 0.2) is 5.41 Å². The number of hydrogen-bond acceptors (Lipinski definition) is 5. The van der Waals surface area contributed by atoms with Crippen LogP contribution in [0.1, 0.15) is 11.5 Å². The van der Waals surface area contributed by atoms with Crippen molar-refractivity contribution in [1.82, 2.24) is 4.90 Å². The summed E-state index contributed by atoms with van der Waals surface area (Å²) in [6.07, 6.45) is 1.93. The normalized spacial score (nSPS) is 25.2. The third-order valence-corrected chi connectivity index (χ3v) is 5.08. The number of likely N-dealkylation sites (N-methyl/N-ethyl adjacent to an activating group) is 1. The van der Waals surface area contributed by atoms with Gasteiger partial charge in [-0.1, -0.05) is 18.2 Å². The van der Waals surface area contributed by atoms with E-state index in [0.717, 1.165) is 5.57 Å². The largest absolute Gasteiger partial charge is 0.399 e. The maximum absolute atomic E-state index is 13.4. The number of nitrogens with two attached hydrogens (primary N) is 1. The van der Waals surface area contributed by atoms with Gasteiger partial charge in [0.05, 0.1) is 23.4 Å². The molecule has 2 N–H and O–H groups in total. The van der Waals surface area contributed by atoms with E-state index in [4.69, 9.17) is 5.73 Å². The molecule has 0 bridgehead atoms. The number of halogens is 1. The van der Waals surface area contributed by atoms with Crippen LogP contribution < -0.4 is 5.73 Å². The summed E-state index contributed by atoms with van der Waals surface area (Å²) in [7, 11) is 1.93. The number of nitriles is 3. The minimum Gasteiger partial charge on any atom is -0.399 e. The van der Waals surface area contributed by atoms with E-state index in [1.807, 2.05) is 13.1 Å². The van der Waals surface area contributed by atoms with Crippen LogP contribution in [0.5, 0.6) is 0 Å². The van der Waals surface area contributed by atoms with E-state index < -0.39 is 17.2 Å². The van der Waals surface area contributed by atoms with Crippen molar-refractivity contribution in [1.29, 1.82) is 15.8 Å². The molecule has 0 spiro atoms. The molecule has 0 fully saturated rings. The van der Waals surface area contributed by atoms with Gasteiger partial charge in [-0.05, 0) is 30.3 Å². The Balaban J connectivity index is 2.32. The molecule has 25 heavy (non-hydrogen) atoms. The van der Waals surface area contributed by atoms with Crippen molar-refractivity contribution >= 4 is 0 Å². The van der Waals surface area contributed by atoms with Crippen LogP contribution in [0.15, 0.2) is 47.2 Å². The summed E-state index contributed by atoms with van der Waals surface area (Å²) in [6, 6.07) is 12.0. The molecule has 0 aromatic heterocycles. The summed E-state index contributed by atoms with van der Waals surface area (Å²) in [5, 5.41) is 29.3. The van der Waals surface area contributed by atoms with E-state index in [-0.39, 0.29) is 17.2 Å². The average Bonchev–Trinajstić information content (AvgIpc) is 2.62. The molecule has 0 saturated carbocycles. The number of fused-ring (bicyclic) bond motifs is 1. The SMILES string of the molecule is CN1CC=C2C(C#N)=C(N)C(C#N)(C#N)C(c3ccc(F)cc3)C2C1. The lowest BCUT2D eigenvalue weighted by atomic mass is 9.58. The van der Waals surface area contributed by atoms with Crippen molar-refractivity contribution in [3.63, 3.8) is 0 Å². The average molecular weight is 333 g/mol. The zero-order valence-electron chi connectivity index (χ0n) is 13.7. The molecule has 1 aliphatic heterocycles. The second-order valence-corrected chi connectivity index (χ2v) is 6.45. The molecule has 3 rings (SSSR count). The van der Waals surface area contributed by atoms with Gasteiger partial charge in [0.2, 0.25) is 0 Å². The molecular weight excluding hydrogens is 317 g/mol. The first-order valence-corrected chi connectivity index (χ1v) is 7.85. The minimum atomic E-state index is -1.66. The lowest BCUT2D eigenvalue weighted by molar-refractivity contribution is 0.237. The molecule has 1 heterocycles. The third kappa shape index (κ3) is 2.38. The van der Waals surface area contributed by atoms with Crippen LogP contribution in [-0.2, 0) is 0 Å². The fraction of sp³-hybridized carbons (Fsp3) is 0.316. The minimum absolute atomic E-state index is 0.0126. The third-order valence-electron chi connectivity index (χ3n) is 5.08. The number of hydrogen-bond donors (Lipinski definition) is 1. The van der Waals surface area contributed by atoms with Gasteiger partial charge in [-0.15, -0.1) is 0 Å². The van der Waals surface area contributed by atoms with Gasteiger partial charge < -0.3 is 10.6 Å². The fourth-order valence-corrected chi connectivity index (χ4v) is 3.87. The molecule has 0 radical (unpaired) electrons. The number of allylic oxidation sites excluding steroid dienone is 2. The highest BCUT2D eigenvalue weighted by atomic mass is 19.1. The topological polar surface area (TPSA) is 101 Å². The van der Waals surface area contributed by atoms with Crippen LogP contribution in [0.25, 0.3) is 0 Å². The molecular formula is C19H16FN5. The van der Waals surface area contributed by atoms with E-state index in [1.165, 1.54) is 12.1 Å². The van der Waals surface area contributed by atoms with Crippen molar-refractivity contribution in [2.24, 2.45) is 17.1 Å². The molecule has 2 unspecified atom stereocenters. The number of nitrogens with zero attached hydrogens (tertiary/aromatic N) is 4. The van der Waals surface area contributed by atoms with Crippen LogP contribution in [0.4, 0.5) is 4.39 Å². The summed E-state index contributed by atoms with van der Waals surface area (Å²) in [6.45, 7) is 1.24. The Bertz CT molecular complexity index is 878. The molecule has 1 aromatic carbocycles. The lowest BCUT2D eigenvalue weighted by Crippen LogP contribution is -2.47. The summed E-state index contributed by atoms with van der Waals surface area (Å²) >= 11 is 0. The quantitative estimate of drug-likeness (QED) is 0.849. The second-order valence-electron chi connectivity index (χ2n) is 6.45. The Hall–Kier alpha value is -3.14. The highest BCUT2D eigenvalue weighted by Crippen LogP contribution is 2.53. The van der Waals surface area contributed by atoms with Gasteiger partial charge >= 0.3 is 0 Å². The highest BCUT2D eigenvalue weighted by molar-refractivity contribution is 5.59. The first-order chi connectivity index (χ1) is 12.0. The highest BCUT2D eigenvalue weighted by Gasteiger charge is 2.54. The molecule has 0 amide bonds. The van der Waals surface area contributed by atoms with Crippen LogP contribution in [-0.4, -0.2) is 25.0 Å². The van der Waals surface area contributed by atoms with Crippen molar-refractivity contribution in [3.05, 3.63) is 58.6 Å². The van der Waals surface area contributed by atoms with Crippen LogP contribution in [0, 0.1) is 51.1 Å². The maximum atomic E-state index is 13.4. The van der Waals surface area contributed by atoms with Crippen molar-refractivity contribution < 1.29 is 4.39 Å². The number of benzene rings is 1. The van der Waals surface area contributed by atoms with Gasteiger partial charge in [0.25, 0.3) is 0 Å². The first-order valence-electron chi connectivity index (χ1n) is 7.85. The second kappa shape index (κ2) is 6.06. The molecule has 6 heteroatoms. The summed E-state index contributed by atoms with van der Waals surface area (Å²) < 4.78 is 13.4. The van der Waals surface area contributed by atoms with Gasteiger partial charge in [-0.25, -0.2) is 4.39 Å². The Morgan fingerprint density at radius 1 is 1.20 bits per heavy atom. The Morgan fingerprint density at radius 3 is 2.40 bits per heavy atom. The molecule has 1 aromatic rings. The zero-order chi connectivity index (χ0) is 18.2. The van der Waals surface area contributed by atoms with Crippen LogP contribution in [0.3, 0.4) is 0 Å². The van der Waals surface area contributed by atoms with E-state index in [0.29, 0.717) is 18.7 Å². The molecule has 124 valence electrons. The first kappa shape index (κ1) is 16.7. The van der Waals surface area contributed by atoms with Gasteiger partial charge in [0.1, 0.15) is 11.9 Å². The number of rotatable bonds is 1. The predicted molar refractivity (Wildman–Crippen MR) is 88.7 cm³/mol. The van der Waals surface area contributed by atoms with E-state index in [9.17, 15) is 20.2 Å². The Morgan fingerprint density at radius 2 is 1.84 bits per heavy atom. The summed E-state index contributed by atoms with van der Waals surface area (Å²) in [5.41, 5.74) is 6.15. The van der Waals surface area contributed by atoms with Crippen molar-refractivity contribution in [3.8, 4) is 18.2 Å². The Kier molecular flexibility index (Phi) is 4.05. The molecule has 5 nitrogen and oxygen atoms in total. The monoisotopic (exact) mass is 333 g/mol. The van der Waals surface area contributed by atoms with Crippen molar-refractivity contribution in [2.75, 3.05) is 20.1 Å². The maximum Gasteiger partial charge on any atom is 0.191 e. The van der Waals surface area contributed by atoms with E-state index in [1.54, 1.807) is 12.1 Å². The molecule has 2 atom stereocenters. The molecule has 2 aliphatic rings. The molecule has 1 aliphatic carbocycles. The smallest absolute Gasteiger partial charge is 0.191 e. The molecule has 0 saturated heterocycles. The fourth-order valence-electron chi connectivity index (χ4n) is 3.87. The van der Waals surface area contributed by atoms with E-state index >= 15 is 0 Å². The van der Waals surface area contributed by atoms with Crippen LogP contribution in [0.2, 0.25) is 0 Å². The summed E-state index contributed by atoms with van der Waals surface area (Å²) in [4.78, 5) is 2.06. The van der Waals surface area contributed by atoms with Gasteiger partial charge in [-0.3, -0.25) is 0 Å². The lowest BCUT2D eigenvalue weighted by Gasteiger charge is -2.45. The van der Waals surface area contributed by atoms with Crippen molar-refractivity contribution in [2.45, 2.75) is 5.92 Å².